The summed E-state index contributed by atoms with van der Waals surface area (Å²) in [5, 5.41) is 20.5. The lowest BCUT2D eigenvalue weighted by Gasteiger charge is -2.34. The summed E-state index contributed by atoms with van der Waals surface area (Å²) in [5.74, 6) is -0.778. The topological polar surface area (TPSA) is 88.3 Å². The lowest BCUT2D eigenvalue weighted by Crippen LogP contribution is -2.30. The second-order valence-corrected chi connectivity index (χ2v) is 11.3. The predicted octanol–water partition coefficient (Wildman–Crippen LogP) is 5.64. The first-order valence-corrected chi connectivity index (χ1v) is 12.1. The van der Waals surface area contributed by atoms with Crippen molar-refractivity contribution in [2.75, 3.05) is 0 Å². The number of aromatic hydroxyl groups is 1. The maximum absolute atomic E-state index is 13.1. The fraction of sp³-hybridized carbons (Fsp3) is 0.310. The van der Waals surface area contributed by atoms with E-state index in [1.807, 2.05) is 36.4 Å². The molecule has 0 aliphatic carbocycles. The Hall–Kier alpha value is -4.00. The first kappa shape index (κ1) is 23.7. The molecule has 0 spiro atoms. The normalized spacial score (nSPS) is 14.1. The van der Waals surface area contributed by atoms with Crippen molar-refractivity contribution in [2.24, 2.45) is 5.41 Å². The number of phenols is 1. The Morgan fingerprint density at radius 3 is 1.86 bits per heavy atom. The molecule has 0 bridgehead atoms. The highest BCUT2D eigenvalue weighted by molar-refractivity contribution is 6.21. The lowest BCUT2D eigenvalue weighted by molar-refractivity contribution is 0.0641. The Morgan fingerprint density at radius 2 is 1.33 bits per heavy atom. The van der Waals surface area contributed by atoms with Crippen molar-refractivity contribution in [3.63, 3.8) is 0 Å². The van der Waals surface area contributed by atoms with Gasteiger partial charge in [0.05, 0.1) is 17.7 Å². The van der Waals surface area contributed by atoms with E-state index in [0.29, 0.717) is 33.4 Å². The zero-order valence-electron chi connectivity index (χ0n) is 21.2. The molecular formula is C29H30N4O3. The third kappa shape index (κ3) is 4.15. The van der Waals surface area contributed by atoms with Gasteiger partial charge in [0.2, 0.25) is 0 Å². The Morgan fingerprint density at radius 1 is 0.806 bits per heavy atom. The summed E-state index contributed by atoms with van der Waals surface area (Å²) in [6.45, 7) is 10.8. The van der Waals surface area contributed by atoms with Gasteiger partial charge in [-0.05, 0) is 59.2 Å². The van der Waals surface area contributed by atoms with Gasteiger partial charge in [0.25, 0.3) is 11.8 Å². The molecule has 0 unspecified atom stereocenters. The van der Waals surface area contributed by atoms with Gasteiger partial charge in [-0.25, -0.2) is 0 Å². The van der Waals surface area contributed by atoms with Gasteiger partial charge in [-0.2, -0.15) is 0 Å². The molecule has 0 atom stereocenters. The van der Waals surface area contributed by atoms with Crippen molar-refractivity contribution in [1.82, 2.24) is 19.9 Å². The van der Waals surface area contributed by atoms with Gasteiger partial charge >= 0.3 is 0 Å². The third-order valence-electron chi connectivity index (χ3n) is 6.63. The van der Waals surface area contributed by atoms with Crippen molar-refractivity contribution in [1.29, 1.82) is 0 Å². The second-order valence-electron chi connectivity index (χ2n) is 11.3. The average molecular weight is 483 g/mol. The monoisotopic (exact) mass is 482 g/mol. The number of nitrogens with zero attached hydrogens (tertiary/aromatic N) is 4. The van der Waals surface area contributed by atoms with Crippen LogP contribution in [0.1, 0.15) is 72.9 Å². The number of aromatic nitrogens is 3. The molecule has 5 rings (SSSR count). The molecule has 1 aliphatic heterocycles. The largest absolute Gasteiger partial charge is 0.505 e. The predicted molar refractivity (Wildman–Crippen MR) is 138 cm³/mol. The highest BCUT2D eigenvalue weighted by Gasteiger charge is 2.36. The molecule has 2 amide bonds. The fourth-order valence-corrected chi connectivity index (χ4v) is 5.29. The summed E-state index contributed by atoms with van der Waals surface area (Å²) >= 11 is 0. The van der Waals surface area contributed by atoms with Crippen molar-refractivity contribution in [3.8, 4) is 11.4 Å². The van der Waals surface area contributed by atoms with Crippen molar-refractivity contribution >= 4 is 22.8 Å². The molecule has 1 aliphatic rings. The standard InChI is InChI=1S/C29H30N4O3/c1-28(2,3)17-29(4,5)19-14-18(16-32-26(35)20-10-6-7-11-21(20)27(32)36)25(34)24(15-19)33-30-22-12-8-9-13-23(22)31-33/h6-15,34H,16-17H2,1-5H3. The van der Waals surface area contributed by atoms with Crippen molar-refractivity contribution < 1.29 is 14.7 Å². The van der Waals surface area contributed by atoms with Crippen LogP contribution in [-0.2, 0) is 12.0 Å². The van der Waals surface area contributed by atoms with Crippen LogP contribution in [-0.4, -0.2) is 36.8 Å². The number of phenolic OH excluding ortho intramolecular Hbond substituents is 1. The number of benzene rings is 3. The maximum Gasteiger partial charge on any atom is 0.261 e. The molecule has 4 aromatic rings. The summed E-state index contributed by atoms with van der Waals surface area (Å²) in [6.07, 6.45) is 0.880. The minimum Gasteiger partial charge on any atom is -0.505 e. The van der Waals surface area contributed by atoms with Crippen LogP contribution >= 0.6 is 0 Å². The molecular weight excluding hydrogens is 452 g/mol. The van der Waals surface area contributed by atoms with E-state index in [1.54, 1.807) is 24.3 Å². The zero-order chi connectivity index (χ0) is 25.8. The highest BCUT2D eigenvalue weighted by Crippen LogP contribution is 2.40. The maximum atomic E-state index is 13.1. The number of hydrogen-bond acceptors (Lipinski definition) is 5. The minimum absolute atomic E-state index is 0.0502. The van der Waals surface area contributed by atoms with Crippen LogP contribution in [0.5, 0.6) is 5.75 Å². The Balaban J connectivity index is 1.63. The minimum atomic E-state index is -0.362. The van der Waals surface area contributed by atoms with E-state index in [4.69, 9.17) is 0 Å². The van der Waals surface area contributed by atoms with Gasteiger partial charge in [0, 0.05) is 5.56 Å². The van der Waals surface area contributed by atoms with E-state index >= 15 is 0 Å². The number of carbonyl (C=O) groups is 2. The second kappa shape index (κ2) is 8.29. The van der Waals surface area contributed by atoms with Crippen LogP contribution in [0.3, 0.4) is 0 Å². The summed E-state index contributed by atoms with van der Waals surface area (Å²) in [7, 11) is 0. The summed E-state index contributed by atoms with van der Waals surface area (Å²) in [5.41, 5.74) is 3.83. The number of fused-ring (bicyclic) bond motifs is 2. The number of rotatable bonds is 5. The average Bonchev–Trinajstić information content (AvgIpc) is 3.34. The van der Waals surface area contributed by atoms with E-state index in [9.17, 15) is 14.7 Å². The zero-order valence-corrected chi connectivity index (χ0v) is 21.2. The molecule has 0 fully saturated rings. The van der Waals surface area contributed by atoms with Gasteiger partial charge in [0.15, 0.2) is 0 Å². The lowest BCUT2D eigenvalue weighted by atomic mass is 9.72. The molecule has 7 nitrogen and oxygen atoms in total. The summed E-state index contributed by atoms with van der Waals surface area (Å²) in [4.78, 5) is 28.7. The number of carbonyl (C=O) groups excluding carboxylic acids is 2. The Labute approximate surface area is 210 Å². The van der Waals surface area contributed by atoms with Crippen LogP contribution in [0.4, 0.5) is 0 Å². The molecule has 1 N–H and O–H groups in total. The molecule has 7 heteroatoms. The number of hydrogen-bond donors (Lipinski definition) is 1. The van der Waals surface area contributed by atoms with Crippen LogP contribution in [0.15, 0.2) is 60.7 Å². The van der Waals surface area contributed by atoms with Crippen LogP contribution in [0, 0.1) is 5.41 Å². The quantitative estimate of drug-likeness (QED) is 0.372. The van der Waals surface area contributed by atoms with E-state index < -0.39 is 0 Å². The molecule has 3 aromatic carbocycles. The van der Waals surface area contributed by atoms with Crippen molar-refractivity contribution in [2.45, 2.75) is 53.0 Å². The molecule has 1 aromatic heterocycles. The molecule has 0 saturated carbocycles. The number of imide groups is 1. The highest BCUT2D eigenvalue weighted by atomic mass is 16.3. The summed E-state index contributed by atoms with van der Waals surface area (Å²) < 4.78 is 0. The van der Waals surface area contributed by atoms with Gasteiger partial charge < -0.3 is 5.11 Å². The van der Waals surface area contributed by atoms with Crippen LogP contribution in [0.2, 0.25) is 0 Å². The van der Waals surface area contributed by atoms with Gasteiger partial charge in [0.1, 0.15) is 22.5 Å². The summed E-state index contributed by atoms with van der Waals surface area (Å²) in [6, 6.07) is 18.1. The van der Waals surface area contributed by atoms with E-state index in [0.717, 1.165) is 12.0 Å². The van der Waals surface area contributed by atoms with Crippen LogP contribution < -0.4 is 0 Å². The van der Waals surface area contributed by atoms with E-state index in [-0.39, 0.29) is 34.9 Å². The fourth-order valence-electron chi connectivity index (χ4n) is 5.29. The van der Waals surface area contributed by atoms with Gasteiger partial charge in [-0.3, -0.25) is 14.5 Å². The first-order valence-electron chi connectivity index (χ1n) is 12.1. The SMILES string of the molecule is CC(C)(C)CC(C)(C)c1cc(CN2C(=O)c3ccccc3C2=O)c(O)c(-n2nc3ccccc3n2)c1. The molecule has 0 saturated heterocycles. The van der Waals surface area contributed by atoms with E-state index in [2.05, 4.69) is 44.8 Å². The van der Waals surface area contributed by atoms with Gasteiger partial charge in [-0.15, -0.1) is 15.0 Å². The Kier molecular flexibility index (Phi) is 5.47. The smallest absolute Gasteiger partial charge is 0.261 e. The van der Waals surface area contributed by atoms with E-state index in [1.165, 1.54) is 9.70 Å². The van der Waals surface area contributed by atoms with Gasteiger partial charge in [-0.1, -0.05) is 58.9 Å². The molecule has 0 radical (unpaired) electrons. The molecule has 2 heterocycles. The molecule has 36 heavy (non-hydrogen) atoms. The Bertz CT molecular complexity index is 1440. The van der Waals surface area contributed by atoms with Crippen molar-refractivity contribution in [3.05, 3.63) is 82.9 Å². The number of amides is 2. The first-order chi connectivity index (χ1) is 16.9. The molecule has 184 valence electrons. The van der Waals surface area contributed by atoms with Crippen LogP contribution in [0.25, 0.3) is 16.7 Å². The third-order valence-corrected chi connectivity index (χ3v) is 6.63.